The van der Waals surface area contributed by atoms with E-state index < -0.39 is 0 Å². The summed E-state index contributed by atoms with van der Waals surface area (Å²) in [7, 11) is 0. The van der Waals surface area contributed by atoms with Gasteiger partial charge in [-0.1, -0.05) is 18.2 Å². The van der Waals surface area contributed by atoms with Gasteiger partial charge in [-0.05, 0) is 61.4 Å². The Hall–Kier alpha value is -1.87. The number of hydrogen-bond donors (Lipinski definition) is 2. The zero-order valence-electron chi connectivity index (χ0n) is 12.3. The second kappa shape index (κ2) is 6.72. The van der Waals surface area contributed by atoms with E-state index in [1.807, 2.05) is 12.3 Å². The molecule has 1 aliphatic rings. The van der Waals surface area contributed by atoms with Gasteiger partial charge in [-0.25, -0.2) is 0 Å². The van der Waals surface area contributed by atoms with E-state index in [-0.39, 0.29) is 6.61 Å². The SMILES string of the molecule is OCCCc1cccc(NC2CCCc3cccnc32)c1. The Morgan fingerprint density at radius 3 is 3.10 bits per heavy atom. The minimum Gasteiger partial charge on any atom is -0.396 e. The van der Waals surface area contributed by atoms with E-state index in [1.165, 1.54) is 23.2 Å². The van der Waals surface area contributed by atoms with Crippen LogP contribution in [0.5, 0.6) is 0 Å². The van der Waals surface area contributed by atoms with Crippen molar-refractivity contribution >= 4 is 5.69 Å². The highest BCUT2D eigenvalue weighted by Gasteiger charge is 2.20. The predicted molar refractivity (Wildman–Crippen MR) is 85.4 cm³/mol. The van der Waals surface area contributed by atoms with E-state index in [9.17, 15) is 0 Å². The molecule has 0 radical (unpaired) electrons. The molecule has 1 aliphatic carbocycles. The minimum atomic E-state index is 0.248. The van der Waals surface area contributed by atoms with E-state index in [0.717, 1.165) is 31.4 Å². The highest BCUT2D eigenvalue weighted by atomic mass is 16.2. The first kappa shape index (κ1) is 14.1. The van der Waals surface area contributed by atoms with Gasteiger partial charge < -0.3 is 10.4 Å². The molecule has 0 saturated carbocycles. The van der Waals surface area contributed by atoms with E-state index in [0.29, 0.717) is 6.04 Å². The van der Waals surface area contributed by atoms with Crippen LogP contribution in [0.3, 0.4) is 0 Å². The molecule has 1 atom stereocenters. The van der Waals surface area contributed by atoms with Crippen LogP contribution in [0.25, 0.3) is 0 Å². The third kappa shape index (κ3) is 3.42. The van der Waals surface area contributed by atoms with Crippen molar-refractivity contribution in [3.05, 3.63) is 59.4 Å². The van der Waals surface area contributed by atoms with Crippen LogP contribution >= 0.6 is 0 Å². The van der Waals surface area contributed by atoms with Gasteiger partial charge in [0.05, 0.1) is 11.7 Å². The van der Waals surface area contributed by atoms with E-state index in [2.05, 4.69) is 40.6 Å². The lowest BCUT2D eigenvalue weighted by atomic mass is 9.91. The van der Waals surface area contributed by atoms with Crippen LogP contribution in [-0.2, 0) is 12.8 Å². The van der Waals surface area contributed by atoms with Crippen molar-refractivity contribution < 1.29 is 5.11 Å². The molecule has 1 aromatic carbocycles. The van der Waals surface area contributed by atoms with Crippen LogP contribution < -0.4 is 5.32 Å². The van der Waals surface area contributed by atoms with Crippen molar-refractivity contribution in [1.29, 1.82) is 0 Å². The smallest absolute Gasteiger partial charge is 0.0688 e. The summed E-state index contributed by atoms with van der Waals surface area (Å²) in [5.41, 5.74) is 4.99. The number of benzene rings is 1. The quantitative estimate of drug-likeness (QED) is 0.882. The van der Waals surface area contributed by atoms with E-state index in [1.54, 1.807) is 0 Å². The van der Waals surface area contributed by atoms with Gasteiger partial charge in [0.25, 0.3) is 0 Å². The summed E-state index contributed by atoms with van der Waals surface area (Å²) in [6.07, 6.45) is 7.10. The second-order valence-electron chi connectivity index (χ2n) is 5.66. The number of aliphatic hydroxyl groups excluding tert-OH is 1. The normalized spacial score (nSPS) is 17.3. The third-order valence-corrected chi connectivity index (χ3v) is 4.09. The molecule has 2 N–H and O–H groups in total. The van der Waals surface area contributed by atoms with Gasteiger partial charge in [-0.15, -0.1) is 0 Å². The summed E-state index contributed by atoms with van der Waals surface area (Å²) in [5, 5.41) is 12.6. The van der Waals surface area contributed by atoms with Crippen LogP contribution in [0.1, 0.15) is 42.1 Å². The van der Waals surface area contributed by atoms with Gasteiger partial charge >= 0.3 is 0 Å². The molecule has 0 amide bonds. The minimum absolute atomic E-state index is 0.248. The van der Waals surface area contributed by atoms with Crippen LogP contribution in [0.2, 0.25) is 0 Å². The molecule has 1 aromatic heterocycles. The fourth-order valence-corrected chi connectivity index (χ4v) is 3.05. The molecule has 110 valence electrons. The largest absolute Gasteiger partial charge is 0.396 e. The Balaban J connectivity index is 1.75. The number of aromatic nitrogens is 1. The number of anilines is 1. The molecule has 0 fully saturated rings. The summed E-state index contributed by atoms with van der Waals surface area (Å²) >= 11 is 0. The van der Waals surface area contributed by atoms with Crippen molar-refractivity contribution in [2.45, 2.75) is 38.1 Å². The number of pyridine rings is 1. The lowest BCUT2D eigenvalue weighted by Gasteiger charge is -2.26. The first-order chi connectivity index (χ1) is 10.4. The molecule has 2 aromatic rings. The van der Waals surface area contributed by atoms with E-state index >= 15 is 0 Å². The average molecular weight is 282 g/mol. The lowest BCUT2D eigenvalue weighted by Crippen LogP contribution is -2.18. The maximum absolute atomic E-state index is 8.94. The van der Waals surface area contributed by atoms with Crippen molar-refractivity contribution in [3.63, 3.8) is 0 Å². The highest BCUT2D eigenvalue weighted by Crippen LogP contribution is 2.31. The zero-order chi connectivity index (χ0) is 14.5. The fraction of sp³-hybridized carbons (Fsp3) is 0.389. The Labute approximate surface area is 126 Å². The predicted octanol–water partition coefficient (Wildman–Crippen LogP) is 3.50. The van der Waals surface area contributed by atoms with Crippen molar-refractivity contribution in [2.24, 2.45) is 0 Å². The third-order valence-electron chi connectivity index (χ3n) is 4.09. The van der Waals surface area contributed by atoms with Crippen LogP contribution in [0.15, 0.2) is 42.6 Å². The lowest BCUT2D eigenvalue weighted by molar-refractivity contribution is 0.288. The molecule has 0 aliphatic heterocycles. The molecule has 0 saturated heterocycles. The first-order valence-electron chi connectivity index (χ1n) is 7.77. The number of aryl methyl sites for hydroxylation is 2. The number of nitrogens with zero attached hydrogens (tertiary/aromatic N) is 1. The number of aliphatic hydroxyl groups is 1. The van der Waals surface area contributed by atoms with Gasteiger partial charge in [0.2, 0.25) is 0 Å². The van der Waals surface area contributed by atoms with Gasteiger partial charge in [0.1, 0.15) is 0 Å². The molecule has 0 bridgehead atoms. The molecule has 3 nitrogen and oxygen atoms in total. The molecule has 3 rings (SSSR count). The van der Waals surface area contributed by atoms with Gasteiger partial charge in [-0.3, -0.25) is 4.98 Å². The second-order valence-corrected chi connectivity index (χ2v) is 5.66. The number of hydrogen-bond acceptors (Lipinski definition) is 3. The summed E-state index contributed by atoms with van der Waals surface area (Å²) in [4.78, 5) is 4.57. The summed E-state index contributed by atoms with van der Waals surface area (Å²) in [6.45, 7) is 0.248. The number of nitrogens with one attached hydrogen (secondary N) is 1. The Bertz CT molecular complexity index is 597. The van der Waals surface area contributed by atoms with Crippen molar-refractivity contribution in [1.82, 2.24) is 4.98 Å². The average Bonchev–Trinajstić information content (AvgIpc) is 2.54. The van der Waals surface area contributed by atoms with Crippen LogP contribution in [0, 0.1) is 0 Å². The summed E-state index contributed by atoms with van der Waals surface area (Å²) in [5.74, 6) is 0. The highest BCUT2D eigenvalue weighted by molar-refractivity contribution is 5.48. The topological polar surface area (TPSA) is 45.1 Å². The van der Waals surface area contributed by atoms with Crippen molar-refractivity contribution in [3.8, 4) is 0 Å². The van der Waals surface area contributed by atoms with Crippen LogP contribution in [-0.4, -0.2) is 16.7 Å². The van der Waals surface area contributed by atoms with E-state index in [4.69, 9.17) is 5.11 Å². The zero-order valence-corrected chi connectivity index (χ0v) is 12.3. The maximum Gasteiger partial charge on any atom is 0.0688 e. The fourth-order valence-electron chi connectivity index (χ4n) is 3.05. The monoisotopic (exact) mass is 282 g/mol. The Morgan fingerprint density at radius 1 is 1.24 bits per heavy atom. The Morgan fingerprint density at radius 2 is 2.19 bits per heavy atom. The summed E-state index contributed by atoms with van der Waals surface area (Å²) in [6, 6.07) is 13.0. The Kier molecular flexibility index (Phi) is 4.51. The molecule has 3 heteroatoms. The molecule has 1 heterocycles. The molecule has 0 spiro atoms. The van der Waals surface area contributed by atoms with Crippen LogP contribution in [0.4, 0.5) is 5.69 Å². The molecular weight excluding hydrogens is 260 g/mol. The molecule has 1 unspecified atom stereocenters. The molecular formula is C18H22N2O. The van der Waals surface area contributed by atoms with Gasteiger partial charge in [-0.2, -0.15) is 0 Å². The number of rotatable bonds is 5. The first-order valence-corrected chi connectivity index (χ1v) is 7.77. The van der Waals surface area contributed by atoms with Gasteiger partial charge in [0.15, 0.2) is 0 Å². The summed E-state index contributed by atoms with van der Waals surface area (Å²) < 4.78 is 0. The number of fused-ring (bicyclic) bond motifs is 1. The van der Waals surface area contributed by atoms with Crippen molar-refractivity contribution in [2.75, 3.05) is 11.9 Å². The van der Waals surface area contributed by atoms with Gasteiger partial charge in [0, 0.05) is 18.5 Å². The maximum atomic E-state index is 8.94. The standard InChI is InChI=1S/C18H22N2O/c21-12-4-6-14-5-1-9-16(13-14)20-17-10-2-7-15-8-3-11-19-18(15)17/h1,3,5,8-9,11,13,17,20-21H,2,4,6-7,10,12H2. The molecule has 21 heavy (non-hydrogen) atoms.